The molecule has 0 spiro atoms. The SMILES string of the molecule is COCCNc1ncc2ccc(C)nc2n1. The lowest BCUT2D eigenvalue weighted by Gasteiger charge is -2.04. The minimum atomic E-state index is 0.586. The van der Waals surface area contributed by atoms with Crippen molar-refractivity contribution in [2.75, 3.05) is 25.6 Å². The maximum Gasteiger partial charge on any atom is 0.224 e. The fourth-order valence-electron chi connectivity index (χ4n) is 1.35. The van der Waals surface area contributed by atoms with Crippen molar-refractivity contribution in [2.45, 2.75) is 6.92 Å². The van der Waals surface area contributed by atoms with Gasteiger partial charge in [0, 0.05) is 30.9 Å². The number of aromatic nitrogens is 3. The molecule has 0 aromatic carbocycles. The summed E-state index contributed by atoms with van der Waals surface area (Å²) in [6.45, 7) is 3.26. The van der Waals surface area contributed by atoms with Gasteiger partial charge in [0.05, 0.1) is 6.61 Å². The van der Waals surface area contributed by atoms with E-state index in [1.807, 2.05) is 19.1 Å². The molecule has 0 radical (unpaired) electrons. The van der Waals surface area contributed by atoms with Crippen LogP contribution in [0.1, 0.15) is 5.69 Å². The average Bonchev–Trinajstić information content (AvgIpc) is 2.29. The zero-order chi connectivity index (χ0) is 11.4. The highest BCUT2D eigenvalue weighted by Gasteiger charge is 2.00. The maximum absolute atomic E-state index is 4.94. The molecule has 2 aromatic heterocycles. The third-order valence-electron chi connectivity index (χ3n) is 2.17. The van der Waals surface area contributed by atoms with Crippen LogP contribution in [0.4, 0.5) is 5.95 Å². The van der Waals surface area contributed by atoms with Crippen LogP contribution in [0.15, 0.2) is 18.3 Å². The second-order valence-corrected chi connectivity index (χ2v) is 3.48. The van der Waals surface area contributed by atoms with Gasteiger partial charge in [0.15, 0.2) is 5.65 Å². The molecule has 0 fully saturated rings. The molecule has 5 heteroatoms. The smallest absolute Gasteiger partial charge is 0.224 e. The van der Waals surface area contributed by atoms with Crippen LogP contribution in [0.5, 0.6) is 0 Å². The summed E-state index contributed by atoms with van der Waals surface area (Å²) in [5.74, 6) is 0.586. The quantitative estimate of drug-likeness (QED) is 0.786. The number of methoxy groups -OCH3 is 1. The van der Waals surface area contributed by atoms with Crippen LogP contribution >= 0.6 is 0 Å². The van der Waals surface area contributed by atoms with Crippen LogP contribution < -0.4 is 5.32 Å². The van der Waals surface area contributed by atoms with Crippen molar-refractivity contribution >= 4 is 17.0 Å². The standard InChI is InChI=1S/C11H14N4O/c1-8-3-4-9-7-13-11(12-5-6-16-2)15-10(9)14-8/h3-4,7H,5-6H2,1-2H3,(H,12,13,14,15). The Morgan fingerprint density at radius 3 is 3.00 bits per heavy atom. The van der Waals surface area contributed by atoms with E-state index < -0.39 is 0 Å². The van der Waals surface area contributed by atoms with Gasteiger partial charge in [0.25, 0.3) is 0 Å². The number of hydrogen-bond acceptors (Lipinski definition) is 5. The van der Waals surface area contributed by atoms with E-state index >= 15 is 0 Å². The third-order valence-corrected chi connectivity index (χ3v) is 2.17. The monoisotopic (exact) mass is 218 g/mol. The van der Waals surface area contributed by atoms with Crippen LogP contribution in [0.3, 0.4) is 0 Å². The molecule has 0 bridgehead atoms. The summed E-state index contributed by atoms with van der Waals surface area (Å²) >= 11 is 0. The number of nitrogens with one attached hydrogen (secondary N) is 1. The van der Waals surface area contributed by atoms with Crippen LogP contribution in [-0.4, -0.2) is 35.2 Å². The number of aryl methyl sites for hydroxylation is 1. The molecule has 2 aromatic rings. The first kappa shape index (κ1) is 10.8. The van der Waals surface area contributed by atoms with Gasteiger partial charge >= 0.3 is 0 Å². The summed E-state index contributed by atoms with van der Waals surface area (Å²) in [6.07, 6.45) is 1.77. The lowest BCUT2D eigenvalue weighted by atomic mass is 10.3. The fourth-order valence-corrected chi connectivity index (χ4v) is 1.35. The molecule has 1 N–H and O–H groups in total. The summed E-state index contributed by atoms with van der Waals surface area (Å²) in [5, 5.41) is 4.02. The Balaban J connectivity index is 2.21. The minimum Gasteiger partial charge on any atom is -0.383 e. The van der Waals surface area contributed by atoms with Crippen molar-refractivity contribution in [3.05, 3.63) is 24.0 Å². The maximum atomic E-state index is 4.94. The second kappa shape index (κ2) is 4.85. The van der Waals surface area contributed by atoms with Crippen LogP contribution in [0.25, 0.3) is 11.0 Å². The largest absolute Gasteiger partial charge is 0.383 e. The molecule has 0 aliphatic carbocycles. The molecule has 0 aliphatic heterocycles. The van der Waals surface area contributed by atoms with Gasteiger partial charge in [-0.1, -0.05) is 0 Å². The molecule has 0 saturated heterocycles. The molecule has 84 valence electrons. The number of anilines is 1. The molecule has 0 amide bonds. The summed E-state index contributed by atoms with van der Waals surface area (Å²) in [5.41, 5.74) is 1.67. The zero-order valence-electron chi connectivity index (χ0n) is 9.40. The van der Waals surface area contributed by atoms with Crippen LogP contribution in [0, 0.1) is 6.92 Å². The molecule has 2 heterocycles. The molecule has 0 aliphatic rings. The van der Waals surface area contributed by atoms with E-state index in [1.54, 1.807) is 13.3 Å². The van der Waals surface area contributed by atoms with E-state index in [9.17, 15) is 0 Å². The van der Waals surface area contributed by atoms with E-state index in [2.05, 4.69) is 20.3 Å². The van der Waals surface area contributed by atoms with Gasteiger partial charge in [-0.3, -0.25) is 0 Å². The average molecular weight is 218 g/mol. The van der Waals surface area contributed by atoms with E-state index in [4.69, 9.17) is 4.74 Å². The summed E-state index contributed by atoms with van der Waals surface area (Å²) in [7, 11) is 1.66. The first-order valence-corrected chi connectivity index (χ1v) is 5.13. The van der Waals surface area contributed by atoms with Crippen molar-refractivity contribution in [2.24, 2.45) is 0 Å². The molecule has 0 unspecified atom stereocenters. The Bertz CT molecular complexity index is 486. The lowest BCUT2D eigenvalue weighted by Crippen LogP contribution is -2.10. The summed E-state index contributed by atoms with van der Waals surface area (Å²) < 4.78 is 4.94. The topological polar surface area (TPSA) is 59.9 Å². The highest BCUT2D eigenvalue weighted by atomic mass is 16.5. The molecule has 0 saturated carbocycles. The van der Waals surface area contributed by atoms with Crippen LogP contribution in [-0.2, 0) is 4.74 Å². The Hall–Kier alpha value is -1.75. The van der Waals surface area contributed by atoms with E-state index in [0.29, 0.717) is 19.1 Å². The van der Waals surface area contributed by atoms with Gasteiger partial charge < -0.3 is 10.1 Å². The van der Waals surface area contributed by atoms with Gasteiger partial charge in [-0.15, -0.1) is 0 Å². The Kier molecular flexibility index (Phi) is 3.26. The zero-order valence-corrected chi connectivity index (χ0v) is 9.40. The van der Waals surface area contributed by atoms with Crippen molar-refractivity contribution < 1.29 is 4.74 Å². The van der Waals surface area contributed by atoms with Crippen molar-refractivity contribution in [1.82, 2.24) is 15.0 Å². The van der Waals surface area contributed by atoms with Crippen LogP contribution in [0.2, 0.25) is 0 Å². The molecule has 16 heavy (non-hydrogen) atoms. The Morgan fingerprint density at radius 2 is 2.19 bits per heavy atom. The molecular formula is C11H14N4O. The summed E-state index contributed by atoms with van der Waals surface area (Å²) in [4.78, 5) is 12.9. The predicted octanol–water partition coefficient (Wildman–Crippen LogP) is 1.39. The van der Waals surface area contributed by atoms with Crippen molar-refractivity contribution in [1.29, 1.82) is 0 Å². The van der Waals surface area contributed by atoms with Gasteiger partial charge in [-0.2, -0.15) is 4.98 Å². The number of nitrogens with zero attached hydrogens (tertiary/aromatic N) is 3. The van der Waals surface area contributed by atoms with E-state index in [1.165, 1.54) is 0 Å². The first-order valence-electron chi connectivity index (χ1n) is 5.13. The number of hydrogen-bond donors (Lipinski definition) is 1. The molecule has 2 rings (SSSR count). The number of ether oxygens (including phenoxy) is 1. The molecular weight excluding hydrogens is 204 g/mol. The fraction of sp³-hybridized carbons (Fsp3) is 0.364. The number of pyridine rings is 1. The molecule has 5 nitrogen and oxygen atoms in total. The molecule has 0 atom stereocenters. The lowest BCUT2D eigenvalue weighted by molar-refractivity contribution is 0.210. The van der Waals surface area contributed by atoms with Gasteiger partial charge in [0.1, 0.15) is 0 Å². The summed E-state index contributed by atoms with van der Waals surface area (Å²) in [6, 6.07) is 3.92. The van der Waals surface area contributed by atoms with E-state index in [-0.39, 0.29) is 0 Å². The van der Waals surface area contributed by atoms with Crippen molar-refractivity contribution in [3.63, 3.8) is 0 Å². The Labute approximate surface area is 93.9 Å². The minimum absolute atomic E-state index is 0.586. The third kappa shape index (κ3) is 2.43. The van der Waals surface area contributed by atoms with Gasteiger partial charge in [0.2, 0.25) is 5.95 Å². The van der Waals surface area contributed by atoms with Crippen molar-refractivity contribution in [3.8, 4) is 0 Å². The second-order valence-electron chi connectivity index (χ2n) is 3.48. The highest BCUT2D eigenvalue weighted by Crippen LogP contribution is 2.10. The first-order chi connectivity index (χ1) is 7.79. The normalized spacial score (nSPS) is 10.6. The number of rotatable bonds is 4. The highest BCUT2D eigenvalue weighted by molar-refractivity contribution is 5.74. The predicted molar refractivity (Wildman–Crippen MR) is 62.4 cm³/mol. The van der Waals surface area contributed by atoms with E-state index in [0.717, 1.165) is 16.7 Å². The Morgan fingerprint density at radius 1 is 1.31 bits per heavy atom. The number of fused-ring (bicyclic) bond motifs is 1. The van der Waals surface area contributed by atoms with Gasteiger partial charge in [-0.05, 0) is 19.1 Å². The van der Waals surface area contributed by atoms with Gasteiger partial charge in [-0.25, -0.2) is 9.97 Å².